The molecule has 7 nitrogen and oxygen atoms in total. The molecule has 0 aliphatic carbocycles. The van der Waals surface area contributed by atoms with Crippen molar-refractivity contribution in [3.8, 4) is 22.6 Å². The number of alkyl halides is 3. The van der Waals surface area contributed by atoms with Crippen LogP contribution in [0.25, 0.3) is 11.1 Å². The first-order valence-corrected chi connectivity index (χ1v) is 12.9. The summed E-state index contributed by atoms with van der Waals surface area (Å²) in [5, 5.41) is 2.87. The number of anilines is 1. The van der Waals surface area contributed by atoms with Gasteiger partial charge in [0.15, 0.2) is 0 Å². The van der Waals surface area contributed by atoms with Gasteiger partial charge in [-0.2, -0.15) is 0 Å². The number of benzene rings is 3. The smallest absolute Gasteiger partial charge is 0.490 e. The minimum Gasteiger partial charge on any atom is -0.490 e. The van der Waals surface area contributed by atoms with Gasteiger partial charge in [-0.1, -0.05) is 36.4 Å². The van der Waals surface area contributed by atoms with Crippen LogP contribution in [0.5, 0.6) is 11.5 Å². The first kappa shape index (κ1) is 28.8. The van der Waals surface area contributed by atoms with Crippen molar-refractivity contribution < 1.29 is 37.0 Å². The number of ether oxygens (including phenoxy) is 3. The quantitative estimate of drug-likeness (QED) is 0.345. The van der Waals surface area contributed by atoms with Crippen molar-refractivity contribution in [2.75, 3.05) is 18.4 Å². The number of nitrogens with one attached hydrogen (secondary N) is 1. The zero-order chi connectivity index (χ0) is 28.9. The van der Waals surface area contributed by atoms with Gasteiger partial charge in [-0.25, -0.2) is 4.79 Å². The number of nitrogens with zero attached hydrogens (tertiary/aromatic N) is 1. The van der Waals surface area contributed by atoms with E-state index in [1.165, 1.54) is 24.3 Å². The van der Waals surface area contributed by atoms with Crippen molar-refractivity contribution in [3.05, 3.63) is 78.4 Å². The van der Waals surface area contributed by atoms with Crippen LogP contribution in [-0.2, 0) is 4.74 Å². The van der Waals surface area contributed by atoms with Gasteiger partial charge >= 0.3 is 12.5 Å². The summed E-state index contributed by atoms with van der Waals surface area (Å²) in [5.41, 5.74) is 1.45. The molecule has 40 heavy (non-hydrogen) atoms. The maximum absolute atomic E-state index is 13.2. The third kappa shape index (κ3) is 8.14. The summed E-state index contributed by atoms with van der Waals surface area (Å²) >= 11 is 0. The highest BCUT2D eigenvalue weighted by Crippen LogP contribution is 2.29. The SMILES string of the molecule is CC(C)(C)OC(=O)N1CCC(Oc2cccc(NC(=O)c3ccccc3-c3ccc(OC(F)(F)F)cc3)c2)CC1. The van der Waals surface area contributed by atoms with E-state index in [9.17, 15) is 22.8 Å². The van der Waals surface area contributed by atoms with E-state index in [0.717, 1.165) is 0 Å². The summed E-state index contributed by atoms with van der Waals surface area (Å²) in [7, 11) is 0. The van der Waals surface area contributed by atoms with Crippen LogP contribution >= 0.6 is 0 Å². The van der Waals surface area contributed by atoms with E-state index in [0.29, 0.717) is 54.1 Å². The Hall–Kier alpha value is -4.21. The van der Waals surface area contributed by atoms with Gasteiger partial charge in [0, 0.05) is 43.2 Å². The second-order valence-electron chi connectivity index (χ2n) is 10.4. The van der Waals surface area contributed by atoms with Crippen molar-refractivity contribution in [3.63, 3.8) is 0 Å². The van der Waals surface area contributed by atoms with Crippen LogP contribution in [0.3, 0.4) is 0 Å². The zero-order valence-electron chi connectivity index (χ0n) is 22.5. The highest BCUT2D eigenvalue weighted by molar-refractivity contribution is 6.08. The molecule has 2 amide bonds. The largest absolute Gasteiger partial charge is 0.573 e. The van der Waals surface area contributed by atoms with Crippen LogP contribution in [0.15, 0.2) is 72.8 Å². The molecule has 3 aromatic rings. The summed E-state index contributed by atoms with van der Waals surface area (Å²) in [6.07, 6.45) is -3.91. The van der Waals surface area contributed by atoms with E-state index < -0.39 is 12.0 Å². The molecule has 0 radical (unpaired) electrons. The lowest BCUT2D eigenvalue weighted by Crippen LogP contribution is -2.44. The van der Waals surface area contributed by atoms with E-state index in [1.807, 2.05) is 20.8 Å². The highest BCUT2D eigenvalue weighted by atomic mass is 19.4. The molecule has 4 rings (SSSR count). The molecule has 0 saturated carbocycles. The fraction of sp³-hybridized carbons (Fsp3) is 0.333. The second-order valence-corrected chi connectivity index (χ2v) is 10.4. The van der Waals surface area contributed by atoms with E-state index in [2.05, 4.69) is 10.1 Å². The first-order chi connectivity index (χ1) is 18.9. The number of carbonyl (C=O) groups excluding carboxylic acids is 2. The average Bonchev–Trinajstić information content (AvgIpc) is 2.88. The Balaban J connectivity index is 1.38. The van der Waals surface area contributed by atoms with Gasteiger partial charge < -0.3 is 24.4 Å². The molecule has 212 valence electrons. The molecule has 1 aliphatic heterocycles. The highest BCUT2D eigenvalue weighted by Gasteiger charge is 2.31. The molecular formula is C30H31F3N2O5. The third-order valence-electron chi connectivity index (χ3n) is 6.06. The van der Waals surface area contributed by atoms with Gasteiger partial charge in [0.1, 0.15) is 23.2 Å². The van der Waals surface area contributed by atoms with Crippen LogP contribution in [0, 0.1) is 0 Å². The molecule has 0 atom stereocenters. The van der Waals surface area contributed by atoms with Gasteiger partial charge in [-0.05, 0) is 62.2 Å². The van der Waals surface area contributed by atoms with Gasteiger partial charge in [0.05, 0.1) is 0 Å². The summed E-state index contributed by atoms with van der Waals surface area (Å²) in [6.45, 7) is 6.55. The van der Waals surface area contributed by atoms with Crippen LogP contribution in [0.1, 0.15) is 44.0 Å². The summed E-state index contributed by atoms with van der Waals surface area (Å²) < 4.78 is 53.0. The third-order valence-corrected chi connectivity index (χ3v) is 6.06. The van der Waals surface area contributed by atoms with E-state index in [-0.39, 0.29) is 23.9 Å². The Kier molecular flexibility index (Phi) is 8.56. The van der Waals surface area contributed by atoms with Crippen LogP contribution in [-0.4, -0.2) is 48.1 Å². The number of likely N-dealkylation sites (tertiary alicyclic amines) is 1. The molecule has 1 saturated heterocycles. The number of rotatable bonds is 6. The van der Waals surface area contributed by atoms with Crippen molar-refractivity contribution in [2.45, 2.75) is 51.7 Å². The van der Waals surface area contributed by atoms with Gasteiger partial charge in [0.2, 0.25) is 0 Å². The van der Waals surface area contributed by atoms with E-state index >= 15 is 0 Å². The molecule has 1 aliphatic rings. The Morgan fingerprint density at radius 3 is 2.20 bits per heavy atom. The van der Waals surface area contributed by atoms with Gasteiger partial charge in [-0.15, -0.1) is 13.2 Å². The Bertz CT molecular complexity index is 1330. The minimum atomic E-state index is -4.78. The van der Waals surface area contributed by atoms with Crippen molar-refractivity contribution in [1.82, 2.24) is 4.90 Å². The minimum absolute atomic E-state index is 0.0883. The Morgan fingerprint density at radius 1 is 0.875 bits per heavy atom. The molecule has 1 fully saturated rings. The number of amides is 2. The predicted molar refractivity (Wildman–Crippen MR) is 144 cm³/mol. The maximum atomic E-state index is 13.2. The molecule has 10 heteroatoms. The Labute approximate surface area is 230 Å². The average molecular weight is 557 g/mol. The fourth-order valence-electron chi connectivity index (χ4n) is 4.29. The van der Waals surface area contributed by atoms with E-state index in [1.54, 1.807) is 53.4 Å². The van der Waals surface area contributed by atoms with Crippen LogP contribution < -0.4 is 14.8 Å². The first-order valence-electron chi connectivity index (χ1n) is 12.9. The molecule has 0 spiro atoms. The molecule has 1 heterocycles. The molecule has 3 aromatic carbocycles. The number of carbonyl (C=O) groups is 2. The lowest BCUT2D eigenvalue weighted by Gasteiger charge is -2.33. The molecule has 0 aromatic heterocycles. The molecule has 1 N–H and O–H groups in total. The normalized spacial score (nSPS) is 14.4. The van der Waals surface area contributed by atoms with Crippen LogP contribution in [0.2, 0.25) is 0 Å². The molecule has 0 unspecified atom stereocenters. The molecule has 0 bridgehead atoms. The summed E-state index contributed by atoms with van der Waals surface area (Å²) in [6, 6.07) is 19.2. The maximum Gasteiger partial charge on any atom is 0.573 e. The lowest BCUT2D eigenvalue weighted by atomic mass is 9.99. The van der Waals surface area contributed by atoms with E-state index in [4.69, 9.17) is 9.47 Å². The second kappa shape index (κ2) is 11.9. The van der Waals surface area contributed by atoms with Gasteiger partial charge in [0.25, 0.3) is 5.91 Å². The number of piperidine rings is 1. The molecular weight excluding hydrogens is 525 g/mol. The topological polar surface area (TPSA) is 77.1 Å². The monoisotopic (exact) mass is 556 g/mol. The summed E-state index contributed by atoms with van der Waals surface area (Å²) in [5.74, 6) is -0.137. The standard InChI is InChI=1S/C30H31F3N2O5/c1-29(2,3)40-28(37)35-17-15-22(16-18-35)38-24-8-6-7-21(19-24)34-27(36)26-10-5-4-9-25(26)20-11-13-23(14-12-20)39-30(31,32)33/h4-14,19,22H,15-18H2,1-3H3,(H,34,36). The van der Waals surface area contributed by atoms with Crippen LogP contribution in [0.4, 0.5) is 23.7 Å². The zero-order valence-corrected chi connectivity index (χ0v) is 22.5. The number of hydrogen-bond acceptors (Lipinski definition) is 5. The lowest BCUT2D eigenvalue weighted by molar-refractivity contribution is -0.274. The number of halogens is 3. The fourth-order valence-corrected chi connectivity index (χ4v) is 4.29. The predicted octanol–water partition coefficient (Wildman–Crippen LogP) is 7.28. The number of hydrogen-bond donors (Lipinski definition) is 1. The van der Waals surface area contributed by atoms with Crippen molar-refractivity contribution >= 4 is 17.7 Å². The van der Waals surface area contributed by atoms with Gasteiger partial charge in [-0.3, -0.25) is 4.79 Å². The van der Waals surface area contributed by atoms with Crippen molar-refractivity contribution in [2.24, 2.45) is 0 Å². The van der Waals surface area contributed by atoms with Crippen molar-refractivity contribution in [1.29, 1.82) is 0 Å². The Morgan fingerprint density at radius 2 is 1.55 bits per heavy atom. The summed E-state index contributed by atoms with van der Waals surface area (Å²) in [4.78, 5) is 27.2.